The fourth-order valence-corrected chi connectivity index (χ4v) is 2.80. The van der Waals surface area contributed by atoms with E-state index in [1.807, 2.05) is 0 Å². The van der Waals surface area contributed by atoms with Crippen molar-refractivity contribution < 1.29 is 20.1 Å². The van der Waals surface area contributed by atoms with Crippen molar-refractivity contribution in [2.45, 2.75) is 116 Å². The predicted octanol–water partition coefficient (Wildman–Crippen LogP) is 4.45. The molecular formula is C19H38O4. The van der Waals surface area contributed by atoms with Crippen LogP contribution in [0.25, 0.3) is 0 Å². The third kappa shape index (κ3) is 19.5. The number of carbonyl (C=O) groups excluding carboxylic acids is 1. The first-order chi connectivity index (χ1) is 11.0. The van der Waals surface area contributed by atoms with Gasteiger partial charge in [0.15, 0.2) is 0 Å². The number of unbranched alkanes of at least 4 members (excludes halogenated alkanes) is 11. The lowest BCUT2D eigenvalue weighted by Gasteiger charge is -2.12. The maximum absolute atomic E-state index is 11.6. The number of carbonyl (C=O) groups is 1. The van der Waals surface area contributed by atoms with Crippen LogP contribution < -0.4 is 0 Å². The second kappa shape index (κ2) is 15.1. The zero-order valence-corrected chi connectivity index (χ0v) is 15.1. The van der Waals surface area contributed by atoms with Gasteiger partial charge in [0.2, 0.25) is 0 Å². The quantitative estimate of drug-likeness (QED) is 0.272. The number of aliphatic hydroxyl groups is 3. The van der Waals surface area contributed by atoms with E-state index in [2.05, 4.69) is 6.92 Å². The number of Topliss-reactive ketones (excluding diaryl/α,β-unsaturated/α-hetero) is 1. The maximum Gasteiger partial charge on any atom is 0.275 e. The minimum Gasteiger partial charge on any atom is -0.344 e. The van der Waals surface area contributed by atoms with Crippen molar-refractivity contribution >= 4 is 5.78 Å². The molecule has 0 aromatic rings. The van der Waals surface area contributed by atoms with Crippen molar-refractivity contribution in [2.75, 3.05) is 0 Å². The Bertz CT molecular complexity index is 271. The van der Waals surface area contributed by atoms with Gasteiger partial charge in [-0.25, -0.2) is 0 Å². The number of ketones is 1. The van der Waals surface area contributed by atoms with Gasteiger partial charge in [0.1, 0.15) is 5.78 Å². The summed E-state index contributed by atoms with van der Waals surface area (Å²) in [5, 5.41) is 26.2. The topological polar surface area (TPSA) is 77.8 Å². The van der Waals surface area contributed by atoms with Gasteiger partial charge in [-0.1, -0.05) is 71.1 Å². The highest BCUT2D eigenvalue weighted by atomic mass is 16.7. The molecule has 0 amide bonds. The fourth-order valence-electron chi connectivity index (χ4n) is 2.80. The zero-order chi connectivity index (χ0) is 17.4. The average molecular weight is 331 g/mol. The van der Waals surface area contributed by atoms with E-state index in [4.69, 9.17) is 15.3 Å². The highest BCUT2D eigenvalue weighted by Crippen LogP contribution is 2.13. The van der Waals surface area contributed by atoms with Crippen molar-refractivity contribution in [3.8, 4) is 0 Å². The standard InChI is InChI=1S/C19H38O4/c1-2-3-4-5-6-7-8-9-10-11-12-15-18(20)16-13-14-17-19(21,22)23/h21-23H,2-17H2,1H3. The molecule has 0 rings (SSSR count). The van der Waals surface area contributed by atoms with Gasteiger partial charge in [-0.3, -0.25) is 4.79 Å². The van der Waals surface area contributed by atoms with Crippen molar-refractivity contribution in [1.29, 1.82) is 0 Å². The van der Waals surface area contributed by atoms with E-state index in [0.29, 0.717) is 25.7 Å². The first-order valence-electron chi connectivity index (χ1n) is 9.64. The summed E-state index contributed by atoms with van der Waals surface area (Å²) in [4.78, 5) is 11.6. The largest absolute Gasteiger partial charge is 0.344 e. The fraction of sp³-hybridized carbons (Fsp3) is 0.947. The van der Waals surface area contributed by atoms with Crippen LogP contribution in [0.15, 0.2) is 0 Å². The minimum atomic E-state index is -2.58. The molecule has 0 unspecified atom stereocenters. The van der Waals surface area contributed by atoms with E-state index < -0.39 is 5.97 Å². The summed E-state index contributed by atoms with van der Waals surface area (Å²) >= 11 is 0. The van der Waals surface area contributed by atoms with Gasteiger partial charge in [0.05, 0.1) is 0 Å². The molecule has 0 fully saturated rings. The van der Waals surface area contributed by atoms with Crippen molar-refractivity contribution in [3.63, 3.8) is 0 Å². The number of hydrogen-bond donors (Lipinski definition) is 3. The van der Waals surface area contributed by atoms with E-state index in [9.17, 15) is 4.79 Å². The normalized spacial score (nSPS) is 11.8. The molecule has 0 atom stereocenters. The third-order valence-corrected chi connectivity index (χ3v) is 4.28. The molecule has 4 heteroatoms. The smallest absolute Gasteiger partial charge is 0.275 e. The molecule has 0 aromatic heterocycles. The van der Waals surface area contributed by atoms with Crippen LogP contribution in [-0.4, -0.2) is 27.1 Å². The molecule has 0 saturated heterocycles. The molecule has 3 N–H and O–H groups in total. The molecule has 0 saturated carbocycles. The summed E-state index contributed by atoms with van der Waals surface area (Å²) in [6, 6.07) is 0. The van der Waals surface area contributed by atoms with E-state index in [1.165, 1.54) is 57.8 Å². The molecule has 0 aliphatic carbocycles. The summed E-state index contributed by atoms with van der Waals surface area (Å²) in [5.41, 5.74) is 0. The summed E-state index contributed by atoms with van der Waals surface area (Å²) in [7, 11) is 0. The lowest BCUT2D eigenvalue weighted by atomic mass is 10.0. The number of rotatable bonds is 17. The molecule has 0 heterocycles. The molecule has 0 spiro atoms. The Morgan fingerprint density at radius 3 is 1.48 bits per heavy atom. The first kappa shape index (κ1) is 22.6. The Morgan fingerprint density at radius 2 is 1.04 bits per heavy atom. The first-order valence-corrected chi connectivity index (χ1v) is 9.64. The van der Waals surface area contributed by atoms with Gasteiger partial charge in [0.25, 0.3) is 5.97 Å². The Balaban J connectivity index is 3.20. The Morgan fingerprint density at radius 1 is 0.652 bits per heavy atom. The van der Waals surface area contributed by atoms with Crippen LogP contribution in [0.4, 0.5) is 0 Å². The van der Waals surface area contributed by atoms with Crippen LogP contribution in [0.1, 0.15) is 110 Å². The minimum absolute atomic E-state index is 0.0985. The molecule has 0 aliphatic rings. The van der Waals surface area contributed by atoms with Crippen LogP contribution in [0.5, 0.6) is 0 Å². The highest BCUT2D eigenvalue weighted by Gasteiger charge is 2.16. The van der Waals surface area contributed by atoms with Gasteiger partial charge < -0.3 is 15.3 Å². The predicted molar refractivity (Wildman–Crippen MR) is 93.9 cm³/mol. The molecule has 4 nitrogen and oxygen atoms in total. The number of hydrogen-bond acceptors (Lipinski definition) is 4. The van der Waals surface area contributed by atoms with Crippen LogP contribution in [0.2, 0.25) is 0 Å². The van der Waals surface area contributed by atoms with Gasteiger partial charge in [-0.05, 0) is 19.3 Å². The summed E-state index contributed by atoms with van der Waals surface area (Å²) in [6.07, 6.45) is 16.2. The lowest BCUT2D eigenvalue weighted by Crippen LogP contribution is -2.26. The van der Waals surface area contributed by atoms with Gasteiger partial charge in [-0.2, -0.15) is 0 Å². The van der Waals surface area contributed by atoms with Crippen LogP contribution in [0.3, 0.4) is 0 Å². The molecule has 0 aromatic carbocycles. The molecule has 23 heavy (non-hydrogen) atoms. The van der Waals surface area contributed by atoms with Crippen LogP contribution in [0, 0.1) is 0 Å². The third-order valence-electron chi connectivity index (χ3n) is 4.28. The van der Waals surface area contributed by atoms with Gasteiger partial charge in [0, 0.05) is 19.3 Å². The van der Waals surface area contributed by atoms with Gasteiger partial charge in [-0.15, -0.1) is 0 Å². The van der Waals surface area contributed by atoms with E-state index >= 15 is 0 Å². The monoisotopic (exact) mass is 330 g/mol. The van der Waals surface area contributed by atoms with Crippen molar-refractivity contribution in [1.82, 2.24) is 0 Å². The van der Waals surface area contributed by atoms with E-state index in [0.717, 1.165) is 12.8 Å². The molecular weight excluding hydrogens is 292 g/mol. The highest BCUT2D eigenvalue weighted by molar-refractivity contribution is 5.78. The zero-order valence-electron chi connectivity index (χ0n) is 15.1. The molecule has 0 aliphatic heterocycles. The van der Waals surface area contributed by atoms with Crippen molar-refractivity contribution in [2.24, 2.45) is 0 Å². The van der Waals surface area contributed by atoms with Crippen molar-refractivity contribution in [3.05, 3.63) is 0 Å². The Hall–Kier alpha value is -0.450. The summed E-state index contributed by atoms with van der Waals surface area (Å²) in [6.45, 7) is 2.24. The van der Waals surface area contributed by atoms with Crippen LogP contribution in [-0.2, 0) is 4.79 Å². The molecule has 0 radical (unpaired) electrons. The molecule has 138 valence electrons. The SMILES string of the molecule is CCCCCCCCCCCCCC(=O)CCCCC(O)(O)O. The second-order valence-electron chi connectivity index (χ2n) is 6.81. The van der Waals surface area contributed by atoms with E-state index in [-0.39, 0.29) is 12.2 Å². The average Bonchev–Trinajstić information content (AvgIpc) is 2.48. The summed E-state index contributed by atoms with van der Waals surface area (Å²) < 4.78 is 0. The lowest BCUT2D eigenvalue weighted by molar-refractivity contribution is -0.315. The maximum atomic E-state index is 11.6. The van der Waals surface area contributed by atoms with Crippen LogP contribution >= 0.6 is 0 Å². The van der Waals surface area contributed by atoms with E-state index in [1.54, 1.807) is 0 Å². The molecule has 0 bridgehead atoms. The Kier molecular flexibility index (Phi) is 14.8. The summed E-state index contributed by atoms with van der Waals surface area (Å²) in [5.74, 6) is -2.33. The Labute approximate surface area is 142 Å². The second-order valence-corrected chi connectivity index (χ2v) is 6.81. The van der Waals surface area contributed by atoms with Gasteiger partial charge >= 0.3 is 0 Å².